The number of hydrogen-bond donors (Lipinski definition) is 1. The lowest BCUT2D eigenvalue weighted by Gasteiger charge is -2.54. The second kappa shape index (κ2) is 4.36. The van der Waals surface area contributed by atoms with Crippen molar-refractivity contribution in [1.82, 2.24) is 4.90 Å². The van der Waals surface area contributed by atoms with Gasteiger partial charge >= 0.3 is 0 Å². The summed E-state index contributed by atoms with van der Waals surface area (Å²) >= 11 is 0. The van der Waals surface area contributed by atoms with Gasteiger partial charge < -0.3 is 5.73 Å². The number of benzene rings is 1. The van der Waals surface area contributed by atoms with Crippen LogP contribution in [0.2, 0.25) is 0 Å². The van der Waals surface area contributed by atoms with Gasteiger partial charge in [0.2, 0.25) is 0 Å². The van der Waals surface area contributed by atoms with Crippen LogP contribution in [0.3, 0.4) is 0 Å². The minimum absolute atomic E-state index is 0.366. The molecule has 1 saturated heterocycles. The van der Waals surface area contributed by atoms with Crippen LogP contribution in [0.5, 0.6) is 0 Å². The molecule has 2 bridgehead atoms. The third-order valence-corrected chi connectivity index (χ3v) is 5.45. The lowest BCUT2D eigenvalue weighted by molar-refractivity contribution is 0.0338. The van der Waals surface area contributed by atoms with E-state index in [1.165, 1.54) is 19.4 Å². The second-order valence-electron chi connectivity index (χ2n) is 6.21. The number of rotatable bonds is 2. The number of fused-ring (bicyclic) bond motifs is 4. The molecule has 1 aromatic carbocycles. The lowest BCUT2D eigenvalue weighted by Crippen LogP contribution is -2.58. The molecule has 1 aromatic rings. The smallest absolute Gasteiger partial charge is 0.0170 e. The van der Waals surface area contributed by atoms with Crippen molar-refractivity contribution in [3.05, 3.63) is 35.4 Å². The number of nitrogens with two attached hydrogens (primary N) is 1. The molecule has 98 valence electrons. The second-order valence-corrected chi connectivity index (χ2v) is 6.21. The summed E-state index contributed by atoms with van der Waals surface area (Å²) in [5.74, 6) is 0.729. The molecule has 2 heteroatoms. The maximum absolute atomic E-state index is 5.76. The van der Waals surface area contributed by atoms with Crippen LogP contribution in [0, 0.1) is 5.92 Å². The quantitative estimate of drug-likeness (QED) is 0.864. The van der Waals surface area contributed by atoms with E-state index >= 15 is 0 Å². The molecule has 18 heavy (non-hydrogen) atoms. The van der Waals surface area contributed by atoms with E-state index in [1.54, 1.807) is 11.1 Å². The summed E-state index contributed by atoms with van der Waals surface area (Å²) < 4.78 is 0. The molecular weight excluding hydrogens is 220 g/mol. The van der Waals surface area contributed by atoms with Crippen LogP contribution in [-0.2, 0) is 11.8 Å². The first kappa shape index (κ1) is 12.2. The van der Waals surface area contributed by atoms with Gasteiger partial charge in [-0.2, -0.15) is 0 Å². The Labute approximate surface area is 110 Å². The number of likely N-dealkylation sites (tertiary alicyclic amines) is 1. The van der Waals surface area contributed by atoms with Crippen molar-refractivity contribution in [2.75, 3.05) is 19.6 Å². The van der Waals surface area contributed by atoms with E-state index in [2.05, 4.69) is 43.0 Å². The highest BCUT2D eigenvalue weighted by Crippen LogP contribution is 2.48. The van der Waals surface area contributed by atoms with E-state index in [9.17, 15) is 0 Å². The van der Waals surface area contributed by atoms with Gasteiger partial charge in [0, 0.05) is 19.1 Å². The van der Waals surface area contributed by atoms with Crippen LogP contribution in [0.15, 0.2) is 24.3 Å². The third-order valence-electron chi connectivity index (χ3n) is 5.45. The molecule has 0 amide bonds. The SMILES string of the molecule is C[C@@H]1[C@H]2Cc3ccccc3[C@]1(C)CCN2CCN. The summed E-state index contributed by atoms with van der Waals surface area (Å²) in [6.45, 7) is 7.93. The Morgan fingerprint density at radius 1 is 1.39 bits per heavy atom. The summed E-state index contributed by atoms with van der Waals surface area (Å²) in [4.78, 5) is 2.61. The van der Waals surface area contributed by atoms with E-state index in [1.807, 2.05) is 0 Å². The maximum atomic E-state index is 5.76. The Morgan fingerprint density at radius 3 is 2.94 bits per heavy atom. The number of nitrogens with zero attached hydrogens (tertiary/aromatic N) is 1. The van der Waals surface area contributed by atoms with Crippen LogP contribution >= 0.6 is 0 Å². The van der Waals surface area contributed by atoms with E-state index in [0.29, 0.717) is 11.5 Å². The summed E-state index contributed by atoms with van der Waals surface area (Å²) in [7, 11) is 0. The van der Waals surface area contributed by atoms with Crippen molar-refractivity contribution in [2.24, 2.45) is 11.7 Å². The molecule has 1 fully saturated rings. The predicted molar refractivity (Wildman–Crippen MR) is 75.7 cm³/mol. The molecule has 0 unspecified atom stereocenters. The molecular formula is C16H24N2. The monoisotopic (exact) mass is 244 g/mol. The number of piperidine rings is 1. The van der Waals surface area contributed by atoms with Crippen molar-refractivity contribution in [3.63, 3.8) is 0 Å². The van der Waals surface area contributed by atoms with Crippen LogP contribution < -0.4 is 5.73 Å². The van der Waals surface area contributed by atoms with Crippen molar-refractivity contribution in [2.45, 2.75) is 38.1 Å². The Kier molecular flexibility index (Phi) is 2.95. The molecule has 2 N–H and O–H groups in total. The lowest BCUT2D eigenvalue weighted by atomic mass is 9.59. The van der Waals surface area contributed by atoms with Gasteiger partial charge in [-0.3, -0.25) is 4.90 Å². The molecule has 2 nitrogen and oxygen atoms in total. The minimum atomic E-state index is 0.366. The Hall–Kier alpha value is -0.860. The summed E-state index contributed by atoms with van der Waals surface area (Å²) in [6.07, 6.45) is 2.47. The van der Waals surface area contributed by atoms with Gasteiger partial charge in [-0.25, -0.2) is 0 Å². The van der Waals surface area contributed by atoms with Crippen molar-refractivity contribution < 1.29 is 0 Å². The van der Waals surface area contributed by atoms with Crippen molar-refractivity contribution in [3.8, 4) is 0 Å². The first-order chi connectivity index (χ1) is 8.66. The van der Waals surface area contributed by atoms with Crippen molar-refractivity contribution in [1.29, 1.82) is 0 Å². The fourth-order valence-electron chi connectivity index (χ4n) is 4.12. The Morgan fingerprint density at radius 2 is 2.17 bits per heavy atom. The van der Waals surface area contributed by atoms with E-state index in [-0.39, 0.29) is 0 Å². The normalized spacial score (nSPS) is 35.3. The van der Waals surface area contributed by atoms with Crippen molar-refractivity contribution >= 4 is 0 Å². The number of hydrogen-bond acceptors (Lipinski definition) is 2. The van der Waals surface area contributed by atoms with Gasteiger partial charge in [0.25, 0.3) is 0 Å². The Bertz CT molecular complexity index is 442. The van der Waals surface area contributed by atoms with Crippen LogP contribution in [0.25, 0.3) is 0 Å². The van der Waals surface area contributed by atoms with Gasteiger partial charge in [-0.05, 0) is 41.8 Å². The minimum Gasteiger partial charge on any atom is -0.329 e. The molecule has 1 aliphatic heterocycles. The summed E-state index contributed by atoms with van der Waals surface area (Å²) in [5.41, 5.74) is 9.28. The molecule has 0 saturated carbocycles. The fraction of sp³-hybridized carbons (Fsp3) is 0.625. The fourth-order valence-corrected chi connectivity index (χ4v) is 4.12. The average Bonchev–Trinajstić information content (AvgIpc) is 2.37. The zero-order valence-corrected chi connectivity index (χ0v) is 11.5. The van der Waals surface area contributed by atoms with Crippen LogP contribution in [0.1, 0.15) is 31.4 Å². The predicted octanol–water partition coefficient (Wildman–Crippen LogP) is 2.17. The first-order valence-corrected chi connectivity index (χ1v) is 7.19. The largest absolute Gasteiger partial charge is 0.329 e. The standard InChI is InChI=1S/C16H24N2/c1-12-15-11-13-5-3-4-6-14(13)16(12,2)7-9-18(15)10-8-17/h3-6,12,15H,7-11,17H2,1-2H3/t12-,15-,16-/m1/s1. The van der Waals surface area contributed by atoms with E-state index in [4.69, 9.17) is 5.73 Å². The molecule has 0 aromatic heterocycles. The molecule has 1 heterocycles. The molecule has 3 atom stereocenters. The average molecular weight is 244 g/mol. The molecule has 1 aliphatic carbocycles. The maximum Gasteiger partial charge on any atom is 0.0170 e. The third kappa shape index (κ3) is 1.63. The zero-order valence-electron chi connectivity index (χ0n) is 11.5. The van der Waals surface area contributed by atoms with E-state index in [0.717, 1.165) is 19.0 Å². The molecule has 2 aliphatic rings. The topological polar surface area (TPSA) is 29.3 Å². The molecule has 3 rings (SSSR count). The van der Waals surface area contributed by atoms with Gasteiger partial charge in [-0.15, -0.1) is 0 Å². The highest BCUT2D eigenvalue weighted by atomic mass is 15.2. The van der Waals surface area contributed by atoms with Gasteiger partial charge in [0.1, 0.15) is 0 Å². The highest BCUT2D eigenvalue weighted by Gasteiger charge is 2.47. The van der Waals surface area contributed by atoms with Crippen LogP contribution in [-0.4, -0.2) is 30.6 Å². The van der Waals surface area contributed by atoms with E-state index < -0.39 is 0 Å². The highest BCUT2D eigenvalue weighted by molar-refractivity contribution is 5.39. The summed E-state index contributed by atoms with van der Waals surface area (Å²) in [5, 5.41) is 0. The zero-order chi connectivity index (χ0) is 12.8. The molecule has 0 spiro atoms. The van der Waals surface area contributed by atoms with Crippen LogP contribution in [0.4, 0.5) is 0 Å². The van der Waals surface area contributed by atoms with Gasteiger partial charge in [0.05, 0.1) is 0 Å². The van der Waals surface area contributed by atoms with Gasteiger partial charge in [-0.1, -0.05) is 38.1 Å². The molecule has 0 radical (unpaired) electrons. The van der Waals surface area contributed by atoms with Gasteiger partial charge in [0.15, 0.2) is 0 Å². The Balaban J connectivity index is 2.02. The summed E-state index contributed by atoms with van der Waals surface area (Å²) in [6, 6.07) is 9.73. The first-order valence-electron chi connectivity index (χ1n) is 7.19.